The van der Waals surface area contributed by atoms with Crippen LogP contribution >= 0.6 is 31.9 Å². The Kier molecular flexibility index (Phi) is 4.83. The molecule has 0 amide bonds. The molecule has 112 valence electrons. The maximum atomic E-state index is 12.8. The zero-order valence-electron chi connectivity index (χ0n) is 11.4. The summed E-state index contributed by atoms with van der Waals surface area (Å²) in [6.45, 7) is 3.90. The van der Waals surface area contributed by atoms with Crippen LogP contribution in [0.2, 0.25) is 0 Å². The van der Waals surface area contributed by atoms with Crippen LogP contribution in [0.4, 0.5) is 13.2 Å². The van der Waals surface area contributed by atoms with Gasteiger partial charge < -0.3 is 0 Å². The summed E-state index contributed by atoms with van der Waals surface area (Å²) < 4.78 is 39.4. The van der Waals surface area contributed by atoms with Crippen molar-refractivity contribution in [3.8, 4) is 0 Å². The Morgan fingerprint density at radius 3 is 2.29 bits per heavy atom. The largest absolute Gasteiger partial charge is 0.416 e. The third-order valence-electron chi connectivity index (χ3n) is 3.33. The summed E-state index contributed by atoms with van der Waals surface area (Å²) in [5.74, 6) is 0. The molecule has 0 aromatic heterocycles. The van der Waals surface area contributed by atoms with Gasteiger partial charge in [0.1, 0.15) is 0 Å². The van der Waals surface area contributed by atoms with Crippen LogP contribution in [-0.4, -0.2) is 0 Å². The van der Waals surface area contributed by atoms with Crippen LogP contribution < -0.4 is 0 Å². The highest BCUT2D eigenvalue weighted by Crippen LogP contribution is 2.37. The van der Waals surface area contributed by atoms with E-state index in [2.05, 4.69) is 31.9 Å². The van der Waals surface area contributed by atoms with Gasteiger partial charge in [-0.3, -0.25) is 0 Å². The molecule has 2 aromatic carbocycles. The first-order valence-electron chi connectivity index (χ1n) is 6.28. The van der Waals surface area contributed by atoms with Gasteiger partial charge in [-0.05, 0) is 48.2 Å². The second-order valence-corrected chi connectivity index (χ2v) is 6.71. The van der Waals surface area contributed by atoms with Crippen molar-refractivity contribution in [3.63, 3.8) is 0 Å². The molecule has 0 N–H and O–H groups in total. The molecule has 0 saturated heterocycles. The molecule has 1 unspecified atom stereocenters. The Hall–Kier alpha value is -0.810. The summed E-state index contributed by atoms with van der Waals surface area (Å²) in [5.41, 5.74) is 3.00. The van der Waals surface area contributed by atoms with Gasteiger partial charge in [0, 0.05) is 4.47 Å². The highest BCUT2D eigenvalue weighted by molar-refractivity contribution is 9.10. The van der Waals surface area contributed by atoms with Crippen molar-refractivity contribution < 1.29 is 13.2 Å². The molecule has 0 fully saturated rings. The molecule has 0 aliphatic rings. The quantitative estimate of drug-likeness (QED) is 0.481. The summed E-state index contributed by atoms with van der Waals surface area (Å²) >= 11 is 6.98. The van der Waals surface area contributed by atoms with E-state index < -0.39 is 11.7 Å². The van der Waals surface area contributed by atoms with Gasteiger partial charge >= 0.3 is 6.18 Å². The Morgan fingerprint density at radius 1 is 1.00 bits per heavy atom. The van der Waals surface area contributed by atoms with E-state index in [1.165, 1.54) is 12.1 Å². The van der Waals surface area contributed by atoms with Crippen LogP contribution in [0.15, 0.2) is 40.9 Å². The summed E-state index contributed by atoms with van der Waals surface area (Å²) in [6, 6.07) is 9.38. The fourth-order valence-corrected chi connectivity index (χ4v) is 3.36. The molecular formula is C16H13Br2F3. The van der Waals surface area contributed by atoms with E-state index in [1.807, 2.05) is 26.0 Å². The lowest BCUT2D eigenvalue weighted by Gasteiger charge is -2.17. The first kappa shape index (κ1) is 16.6. The molecule has 21 heavy (non-hydrogen) atoms. The highest BCUT2D eigenvalue weighted by Gasteiger charge is 2.31. The van der Waals surface area contributed by atoms with Crippen molar-refractivity contribution >= 4 is 31.9 Å². The number of alkyl halides is 4. The predicted molar refractivity (Wildman–Crippen MR) is 85.8 cm³/mol. The van der Waals surface area contributed by atoms with Gasteiger partial charge in [0.25, 0.3) is 0 Å². The lowest BCUT2D eigenvalue weighted by atomic mass is 9.97. The van der Waals surface area contributed by atoms with Crippen LogP contribution in [0.3, 0.4) is 0 Å². The molecule has 1 atom stereocenters. The van der Waals surface area contributed by atoms with E-state index in [0.29, 0.717) is 5.56 Å². The van der Waals surface area contributed by atoms with Gasteiger partial charge in [0.05, 0.1) is 10.4 Å². The third-order valence-corrected chi connectivity index (χ3v) is 5.20. The number of benzene rings is 2. The normalized spacial score (nSPS) is 13.3. The molecule has 0 heterocycles. The Morgan fingerprint density at radius 2 is 1.67 bits per heavy atom. The van der Waals surface area contributed by atoms with Gasteiger partial charge in [0.2, 0.25) is 0 Å². The topological polar surface area (TPSA) is 0 Å². The molecule has 0 spiro atoms. The second-order valence-electron chi connectivity index (χ2n) is 4.94. The second kappa shape index (κ2) is 6.13. The van der Waals surface area contributed by atoms with E-state index in [9.17, 15) is 13.2 Å². The highest BCUT2D eigenvalue weighted by atomic mass is 79.9. The summed E-state index contributed by atoms with van der Waals surface area (Å²) in [7, 11) is 0. The standard InChI is InChI=1S/C16H13Br2F3/c1-9-7-14(17)10(2)6-13(9)15(18)11-4-3-5-12(8-11)16(19,20)21/h3-8,15H,1-2H3. The van der Waals surface area contributed by atoms with Gasteiger partial charge in [-0.25, -0.2) is 0 Å². The maximum absolute atomic E-state index is 12.8. The molecule has 2 aromatic rings. The Labute approximate surface area is 138 Å². The molecule has 0 saturated carbocycles. The van der Waals surface area contributed by atoms with Crippen molar-refractivity contribution in [1.82, 2.24) is 0 Å². The minimum absolute atomic E-state index is 0.272. The van der Waals surface area contributed by atoms with E-state index >= 15 is 0 Å². The number of rotatable bonds is 2. The van der Waals surface area contributed by atoms with Crippen molar-refractivity contribution in [2.24, 2.45) is 0 Å². The molecule has 5 heteroatoms. The smallest absolute Gasteiger partial charge is 0.166 e. The fourth-order valence-electron chi connectivity index (χ4n) is 2.13. The van der Waals surface area contributed by atoms with Crippen LogP contribution in [0.25, 0.3) is 0 Å². The molecule has 0 radical (unpaired) electrons. The molecule has 0 aliphatic heterocycles. The summed E-state index contributed by atoms with van der Waals surface area (Å²) in [6.07, 6.45) is -4.33. The third kappa shape index (κ3) is 3.69. The van der Waals surface area contributed by atoms with Crippen LogP contribution in [0, 0.1) is 13.8 Å². The van der Waals surface area contributed by atoms with Crippen LogP contribution in [-0.2, 0) is 6.18 Å². The SMILES string of the molecule is Cc1cc(C(Br)c2cccc(C(F)(F)F)c2)c(C)cc1Br. The van der Waals surface area contributed by atoms with Crippen molar-refractivity contribution in [2.75, 3.05) is 0 Å². The van der Waals surface area contributed by atoms with Crippen molar-refractivity contribution in [3.05, 3.63) is 68.7 Å². The van der Waals surface area contributed by atoms with Gasteiger partial charge in [-0.15, -0.1) is 0 Å². The van der Waals surface area contributed by atoms with Crippen molar-refractivity contribution in [1.29, 1.82) is 0 Å². The van der Waals surface area contributed by atoms with E-state index in [-0.39, 0.29) is 4.83 Å². The molecular weight excluding hydrogens is 409 g/mol. The Balaban J connectivity index is 2.45. The van der Waals surface area contributed by atoms with E-state index in [4.69, 9.17) is 0 Å². The van der Waals surface area contributed by atoms with Crippen LogP contribution in [0.1, 0.15) is 32.6 Å². The molecule has 0 aliphatic carbocycles. The van der Waals surface area contributed by atoms with Gasteiger partial charge in [-0.1, -0.05) is 56.1 Å². The van der Waals surface area contributed by atoms with E-state index in [0.717, 1.165) is 27.2 Å². The minimum atomic E-state index is -4.33. The van der Waals surface area contributed by atoms with E-state index in [1.54, 1.807) is 6.07 Å². The fraction of sp³-hybridized carbons (Fsp3) is 0.250. The zero-order valence-corrected chi connectivity index (χ0v) is 14.6. The number of hydrogen-bond donors (Lipinski definition) is 0. The average Bonchev–Trinajstić information content (AvgIpc) is 2.41. The molecule has 2 rings (SSSR count). The van der Waals surface area contributed by atoms with Crippen LogP contribution in [0.5, 0.6) is 0 Å². The molecule has 0 nitrogen and oxygen atoms in total. The first-order chi connectivity index (χ1) is 9.70. The van der Waals surface area contributed by atoms with Gasteiger partial charge in [0.15, 0.2) is 0 Å². The molecule has 0 bridgehead atoms. The Bertz CT molecular complexity index is 663. The average molecular weight is 422 g/mol. The number of aryl methyl sites for hydroxylation is 2. The zero-order chi connectivity index (χ0) is 15.8. The minimum Gasteiger partial charge on any atom is -0.166 e. The lowest BCUT2D eigenvalue weighted by Crippen LogP contribution is -2.06. The maximum Gasteiger partial charge on any atom is 0.416 e. The number of halogens is 5. The first-order valence-corrected chi connectivity index (χ1v) is 7.99. The van der Waals surface area contributed by atoms with Gasteiger partial charge in [-0.2, -0.15) is 13.2 Å². The predicted octanol–water partition coefficient (Wildman–Crippen LogP) is 6.57. The summed E-state index contributed by atoms with van der Waals surface area (Å²) in [4.78, 5) is -0.272. The summed E-state index contributed by atoms with van der Waals surface area (Å²) in [5, 5.41) is 0. The monoisotopic (exact) mass is 420 g/mol. The van der Waals surface area contributed by atoms with Crippen molar-refractivity contribution in [2.45, 2.75) is 24.9 Å². The lowest BCUT2D eigenvalue weighted by molar-refractivity contribution is -0.137. The number of hydrogen-bond acceptors (Lipinski definition) is 0.